The van der Waals surface area contributed by atoms with Crippen molar-refractivity contribution in [3.8, 4) is 0 Å². The molecular formula is C14H17NO. The summed E-state index contributed by atoms with van der Waals surface area (Å²) in [6, 6.07) is 3.73. The molecule has 0 unspecified atom stereocenters. The van der Waals surface area contributed by atoms with Gasteiger partial charge in [-0.3, -0.25) is 4.79 Å². The molecule has 1 heterocycles. The van der Waals surface area contributed by atoms with Crippen LogP contribution in [-0.4, -0.2) is 10.4 Å². The van der Waals surface area contributed by atoms with E-state index in [4.69, 9.17) is 0 Å². The highest BCUT2D eigenvalue weighted by Gasteiger charge is 2.17. The van der Waals surface area contributed by atoms with Crippen LogP contribution in [0.15, 0.2) is 42.1 Å². The van der Waals surface area contributed by atoms with Gasteiger partial charge in [-0.15, -0.1) is 0 Å². The molecule has 0 atom stereocenters. The summed E-state index contributed by atoms with van der Waals surface area (Å²) in [5.41, 5.74) is 2.52. The van der Waals surface area contributed by atoms with Crippen molar-refractivity contribution in [2.75, 3.05) is 0 Å². The first-order valence-electron chi connectivity index (χ1n) is 5.74. The Morgan fingerprint density at radius 1 is 1.44 bits per heavy atom. The summed E-state index contributed by atoms with van der Waals surface area (Å²) in [4.78, 5) is 12.2. The third-order valence-electron chi connectivity index (χ3n) is 3.13. The second-order valence-electron chi connectivity index (χ2n) is 4.29. The third kappa shape index (κ3) is 2.01. The molecule has 2 rings (SSSR count). The highest BCUT2D eigenvalue weighted by molar-refractivity contribution is 6.10. The van der Waals surface area contributed by atoms with Gasteiger partial charge in [0.2, 0.25) is 5.78 Å². The van der Waals surface area contributed by atoms with Crippen LogP contribution in [0.5, 0.6) is 0 Å². The Labute approximate surface area is 96.3 Å². The van der Waals surface area contributed by atoms with E-state index >= 15 is 0 Å². The summed E-state index contributed by atoms with van der Waals surface area (Å²) in [6.45, 7) is 3.94. The maximum Gasteiger partial charge on any atom is 0.209 e. The van der Waals surface area contributed by atoms with Crippen molar-refractivity contribution >= 4 is 5.78 Å². The molecule has 1 aromatic rings. The fourth-order valence-corrected chi connectivity index (χ4v) is 2.11. The minimum atomic E-state index is 0.0562. The van der Waals surface area contributed by atoms with Crippen molar-refractivity contribution in [3.63, 3.8) is 0 Å². The Kier molecular flexibility index (Phi) is 3.09. The number of carbonyl (C=O) groups excluding carboxylic acids is 1. The van der Waals surface area contributed by atoms with Crippen LogP contribution < -0.4 is 0 Å². The van der Waals surface area contributed by atoms with Crippen molar-refractivity contribution < 1.29 is 4.79 Å². The lowest BCUT2D eigenvalue weighted by atomic mass is 9.91. The number of aryl methyl sites for hydroxylation is 1. The molecule has 2 heteroatoms. The number of ketones is 1. The van der Waals surface area contributed by atoms with E-state index in [9.17, 15) is 4.79 Å². The molecule has 0 spiro atoms. The molecule has 0 saturated heterocycles. The number of carbonyl (C=O) groups is 1. The van der Waals surface area contributed by atoms with E-state index in [0.717, 1.165) is 24.1 Å². The number of allylic oxidation sites excluding steroid dienone is 3. The lowest BCUT2D eigenvalue weighted by molar-refractivity contribution is 0.102. The zero-order valence-electron chi connectivity index (χ0n) is 9.70. The smallest absolute Gasteiger partial charge is 0.209 e. The molecule has 84 valence electrons. The number of aromatic nitrogens is 1. The summed E-state index contributed by atoms with van der Waals surface area (Å²) in [5, 5.41) is 0. The molecule has 2 nitrogen and oxygen atoms in total. The van der Waals surface area contributed by atoms with Gasteiger partial charge in [-0.1, -0.05) is 12.7 Å². The van der Waals surface area contributed by atoms with Crippen LogP contribution in [0.3, 0.4) is 0 Å². The van der Waals surface area contributed by atoms with E-state index < -0.39 is 0 Å². The first-order chi connectivity index (χ1) is 7.70. The van der Waals surface area contributed by atoms with E-state index in [1.807, 2.05) is 29.9 Å². The second-order valence-corrected chi connectivity index (χ2v) is 4.29. The van der Waals surface area contributed by atoms with Crippen LogP contribution in [0, 0.1) is 0 Å². The molecule has 16 heavy (non-hydrogen) atoms. The Morgan fingerprint density at radius 3 is 2.81 bits per heavy atom. The molecule has 0 bridgehead atoms. The van der Waals surface area contributed by atoms with Gasteiger partial charge < -0.3 is 4.57 Å². The minimum Gasteiger partial charge on any atom is -0.348 e. The molecule has 0 aliphatic heterocycles. The van der Waals surface area contributed by atoms with Crippen LogP contribution in [0.2, 0.25) is 0 Å². The summed E-state index contributed by atoms with van der Waals surface area (Å²) >= 11 is 0. The van der Waals surface area contributed by atoms with Crippen molar-refractivity contribution in [2.45, 2.75) is 25.7 Å². The SMILES string of the molecule is C=C(C(=O)c1cccn1C)C1=CCCCC1. The average molecular weight is 215 g/mol. The van der Waals surface area contributed by atoms with E-state index in [0.29, 0.717) is 5.57 Å². The molecule has 1 aromatic heterocycles. The average Bonchev–Trinajstić information content (AvgIpc) is 2.75. The highest BCUT2D eigenvalue weighted by atomic mass is 16.1. The quantitative estimate of drug-likeness (QED) is 0.560. The van der Waals surface area contributed by atoms with Crippen molar-refractivity contribution in [1.82, 2.24) is 4.57 Å². The maximum atomic E-state index is 12.2. The lowest BCUT2D eigenvalue weighted by Crippen LogP contribution is -2.10. The Balaban J connectivity index is 2.20. The van der Waals surface area contributed by atoms with Crippen molar-refractivity contribution in [2.24, 2.45) is 7.05 Å². The molecule has 1 aliphatic rings. The molecule has 1 aliphatic carbocycles. The van der Waals surface area contributed by atoms with Crippen LogP contribution in [0.4, 0.5) is 0 Å². The first-order valence-corrected chi connectivity index (χ1v) is 5.74. The van der Waals surface area contributed by atoms with Gasteiger partial charge in [0.25, 0.3) is 0 Å². The zero-order chi connectivity index (χ0) is 11.5. The summed E-state index contributed by atoms with van der Waals surface area (Å²) in [7, 11) is 1.88. The number of hydrogen-bond donors (Lipinski definition) is 0. The Bertz CT molecular complexity index is 451. The van der Waals surface area contributed by atoms with Crippen molar-refractivity contribution in [1.29, 1.82) is 0 Å². The van der Waals surface area contributed by atoms with E-state index in [1.165, 1.54) is 12.8 Å². The number of rotatable bonds is 3. The van der Waals surface area contributed by atoms with Gasteiger partial charge in [0, 0.05) is 18.8 Å². The molecule has 0 saturated carbocycles. The third-order valence-corrected chi connectivity index (χ3v) is 3.13. The van der Waals surface area contributed by atoms with E-state index in [2.05, 4.69) is 12.7 Å². The minimum absolute atomic E-state index is 0.0562. The fraction of sp³-hybridized carbons (Fsp3) is 0.357. The van der Waals surface area contributed by atoms with Crippen LogP contribution >= 0.6 is 0 Å². The summed E-state index contributed by atoms with van der Waals surface area (Å²) in [5.74, 6) is 0.0562. The first kappa shape index (κ1) is 10.9. The maximum absolute atomic E-state index is 12.2. The van der Waals surface area contributed by atoms with Gasteiger partial charge in [-0.05, 0) is 43.4 Å². The molecular weight excluding hydrogens is 198 g/mol. The topological polar surface area (TPSA) is 22.0 Å². The normalized spacial score (nSPS) is 15.7. The summed E-state index contributed by atoms with van der Waals surface area (Å²) < 4.78 is 1.84. The molecule has 0 radical (unpaired) electrons. The number of nitrogens with zero attached hydrogens (tertiary/aromatic N) is 1. The number of hydrogen-bond acceptors (Lipinski definition) is 1. The summed E-state index contributed by atoms with van der Waals surface area (Å²) in [6.07, 6.45) is 8.52. The van der Waals surface area contributed by atoms with Gasteiger partial charge in [-0.25, -0.2) is 0 Å². The highest BCUT2D eigenvalue weighted by Crippen LogP contribution is 2.25. The number of Topliss-reactive ketones (excluding diaryl/α,β-unsaturated/α-hetero) is 1. The van der Waals surface area contributed by atoms with Crippen LogP contribution in [-0.2, 0) is 7.05 Å². The lowest BCUT2D eigenvalue weighted by Gasteiger charge is -2.14. The molecule has 0 fully saturated rings. The predicted octanol–water partition coefficient (Wildman–Crippen LogP) is 3.26. The van der Waals surface area contributed by atoms with Crippen LogP contribution in [0.25, 0.3) is 0 Å². The van der Waals surface area contributed by atoms with Crippen LogP contribution in [0.1, 0.15) is 36.2 Å². The van der Waals surface area contributed by atoms with E-state index in [1.54, 1.807) is 0 Å². The fourth-order valence-electron chi connectivity index (χ4n) is 2.11. The van der Waals surface area contributed by atoms with Gasteiger partial charge in [0.15, 0.2) is 0 Å². The largest absolute Gasteiger partial charge is 0.348 e. The zero-order valence-corrected chi connectivity index (χ0v) is 9.70. The second kappa shape index (κ2) is 4.52. The van der Waals surface area contributed by atoms with Gasteiger partial charge >= 0.3 is 0 Å². The molecule has 0 N–H and O–H groups in total. The van der Waals surface area contributed by atoms with E-state index in [-0.39, 0.29) is 5.78 Å². The Morgan fingerprint density at radius 2 is 2.25 bits per heavy atom. The monoisotopic (exact) mass is 215 g/mol. The van der Waals surface area contributed by atoms with Gasteiger partial charge in [0.05, 0.1) is 5.69 Å². The molecule has 0 aromatic carbocycles. The Hall–Kier alpha value is -1.57. The molecule has 0 amide bonds. The standard InChI is InChI=1S/C14H17NO/c1-11(12-7-4-3-5-8-12)14(16)13-9-6-10-15(13)2/h6-7,9-10H,1,3-5,8H2,2H3. The van der Waals surface area contributed by atoms with Gasteiger partial charge in [-0.2, -0.15) is 0 Å². The predicted molar refractivity (Wildman–Crippen MR) is 65.4 cm³/mol. The van der Waals surface area contributed by atoms with Crippen molar-refractivity contribution in [3.05, 3.63) is 47.8 Å². The van der Waals surface area contributed by atoms with Gasteiger partial charge in [0.1, 0.15) is 0 Å².